The maximum absolute atomic E-state index is 13.4. The molecule has 0 aliphatic carbocycles. The molecular weight excluding hydrogens is 291 g/mol. The lowest BCUT2D eigenvalue weighted by Gasteiger charge is -1.93. The van der Waals surface area contributed by atoms with Gasteiger partial charge in [-0.15, -0.1) is 0 Å². The summed E-state index contributed by atoms with van der Waals surface area (Å²) in [6.07, 6.45) is 22.0. The van der Waals surface area contributed by atoms with E-state index in [9.17, 15) is 9.18 Å². The van der Waals surface area contributed by atoms with Crippen molar-refractivity contribution >= 4 is 5.97 Å². The smallest absolute Gasteiger partial charge is 0.303 e. The van der Waals surface area contributed by atoms with Crippen molar-refractivity contribution in [3.05, 3.63) is 48.4 Å². The molecule has 130 valence electrons. The van der Waals surface area contributed by atoms with Gasteiger partial charge in [0.2, 0.25) is 0 Å². The Morgan fingerprint density at radius 2 is 1.57 bits per heavy atom. The summed E-state index contributed by atoms with van der Waals surface area (Å²) in [5, 5.41) is 8.47. The van der Waals surface area contributed by atoms with Crippen molar-refractivity contribution in [2.75, 3.05) is 0 Å². The highest BCUT2D eigenvalue weighted by molar-refractivity contribution is 5.66. The Morgan fingerprint density at radius 3 is 2.22 bits per heavy atom. The molecule has 0 aliphatic rings. The summed E-state index contributed by atoms with van der Waals surface area (Å²) < 4.78 is 13.4. The molecule has 0 fully saturated rings. The normalized spacial score (nSPS) is 12.9. The Balaban J connectivity index is 3.60. The summed E-state index contributed by atoms with van der Waals surface area (Å²) in [6.45, 7) is 2.21. The summed E-state index contributed by atoms with van der Waals surface area (Å²) >= 11 is 0. The van der Waals surface area contributed by atoms with E-state index in [0.29, 0.717) is 12.8 Å². The molecule has 1 N–H and O–H groups in total. The summed E-state index contributed by atoms with van der Waals surface area (Å²) in [6, 6.07) is 0. The van der Waals surface area contributed by atoms with Crippen molar-refractivity contribution in [3.8, 4) is 0 Å². The maximum Gasteiger partial charge on any atom is 0.303 e. The first kappa shape index (κ1) is 21.4. The van der Waals surface area contributed by atoms with Crippen molar-refractivity contribution in [1.82, 2.24) is 0 Å². The third kappa shape index (κ3) is 18.3. The predicted molar refractivity (Wildman–Crippen MR) is 96.1 cm³/mol. The van der Waals surface area contributed by atoms with Crippen LogP contribution in [0.1, 0.15) is 71.1 Å². The third-order valence-electron chi connectivity index (χ3n) is 3.29. The van der Waals surface area contributed by atoms with Crippen molar-refractivity contribution < 1.29 is 14.3 Å². The van der Waals surface area contributed by atoms with Crippen LogP contribution in [0.15, 0.2) is 48.4 Å². The van der Waals surface area contributed by atoms with Crippen LogP contribution in [0.3, 0.4) is 0 Å². The van der Waals surface area contributed by atoms with Gasteiger partial charge in [0.1, 0.15) is 0 Å². The number of aliphatic carboxylic acids is 1. The molecule has 0 aromatic carbocycles. The highest BCUT2D eigenvalue weighted by atomic mass is 19.1. The summed E-state index contributed by atoms with van der Waals surface area (Å²) in [5.41, 5.74) is 0. The molecule has 3 heteroatoms. The van der Waals surface area contributed by atoms with Gasteiger partial charge in [0.25, 0.3) is 0 Å². The minimum absolute atomic E-state index is 0.0947. The van der Waals surface area contributed by atoms with Crippen molar-refractivity contribution in [2.24, 2.45) is 0 Å². The quantitative estimate of drug-likeness (QED) is 0.292. The molecule has 0 bridgehead atoms. The largest absolute Gasteiger partial charge is 0.481 e. The van der Waals surface area contributed by atoms with Crippen LogP contribution in [0.2, 0.25) is 0 Å². The Bertz CT molecular complexity index is 406. The lowest BCUT2D eigenvalue weighted by atomic mass is 10.2. The van der Waals surface area contributed by atoms with Crippen molar-refractivity contribution in [3.63, 3.8) is 0 Å². The van der Waals surface area contributed by atoms with Crippen LogP contribution in [0, 0.1) is 0 Å². The van der Waals surface area contributed by atoms with Crippen LogP contribution in [0.4, 0.5) is 4.39 Å². The van der Waals surface area contributed by atoms with Crippen LogP contribution < -0.4 is 0 Å². The molecule has 0 amide bonds. The van der Waals surface area contributed by atoms with Crippen LogP contribution in [-0.2, 0) is 4.79 Å². The number of carboxylic acids is 1. The van der Waals surface area contributed by atoms with Gasteiger partial charge in [0, 0.05) is 12.8 Å². The van der Waals surface area contributed by atoms with Gasteiger partial charge in [-0.2, -0.15) is 0 Å². The molecule has 0 rings (SSSR count). The predicted octanol–water partition coefficient (Wildman–Crippen LogP) is 6.51. The average Bonchev–Trinajstić information content (AvgIpc) is 2.52. The molecule has 0 radical (unpaired) electrons. The second-order valence-electron chi connectivity index (χ2n) is 5.52. The van der Waals surface area contributed by atoms with Gasteiger partial charge in [-0.05, 0) is 38.5 Å². The van der Waals surface area contributed by atoms with Gasteiger partial charge in [-0.1, -0.05) is 62.3 Å². The Hall–Kier alpha value is -1.64. The zero-order valence-corrected chi connectivity index (χ0v) is 14.3. The van der Waals surface area contributed by atoms with Gasteiger partial charge >= 0.3 is 5.97 Å². The Labute approximate surface area is 140 Å². The van der Waals surface area contributed by atoms with E-state index in [4.69, 9.17) is 5.11 Å². The molecule has 23 heavy (non-hydrogen) atoms. The highest BCUT2D eigenvalue weighted by Crippen LogP contribution is 2.08. The Morgan fingerprint density at radius 1 is 0.913 bits per heavy atom. The molecule has 2 nitrogen and oxygen atoms in total. The molecular formula is C20H31FO2. The minimum atomic E-state index is -0.832. The number of hydrogen-bond acceptors (Lipinski definition) is 1. The zero-order chi connectivity index (χ0) is 17.2. The fourth-order valence-electron chi connectivity index (χ4n) is 1.96. The van der Waals surface area contributed by atoms with E-state index in [2.05, 4.69) is 31.2 Å². The first-order valence-corrected chi connectivity index (χ1v) is 8.68. The third-order valence-corrected chi connectivity index (χ3v) is 3.29. The second kappa shape index (κ2) is 16.7. The van der Waals surface area contributed by atoms with Crippen LogP contribution in [0.25, 0.3) is 0 Å². The molecule has 0 aromatic rings. The molecule has 0 atom stereocenters. The highest BCUT2D eigenvalue weighted by Gasteiger charge is 1.95. The molecule has 0 aromatic heterocycles. The molecule has 0 spiro atoms. The minimum Gasteiger partial charge on any atom is -0.481 e. The Kier molecular flexibility index (Phi) is 15.5. The van der Waals surface area contributed by atoms with E-state index in [-0.39, 0.29) is 18.7 Å². The van der Waals surface area contributed by atoms with E-state index >= 15 is 0 Å². The van der Waals surface area contributed by atoms with E-state index in [1.165, 1.54) is 31.8 Å². The fourth-order valence-corrected chi connectivity index (χ4v) is 1.96. The number of rotatable bonds is 14. The molecule has 0 aliphatic heterocycles. The lowest BCUT2D eigenvalue weighted by Crippen LogP contribution is -1.92. The van der Waals surface area contributed by atoms with E-state index in [1.807, 2.05) is 12.2 Å². The number of allylic oxidation sites excluding steroid dienone is 8. The first-order chi connectivity index (χ1) is 11.2. The van der Waals surface area contributed by atoms with Crippen molar-refractivity contribution in [1.29, 1.82) is 0 Å². The van der Waals surface area contributed by atoms with E-state index in [0.717, 1.165) is 12.8 Å². The van der Waals surface area contributed by atoms with Gasteiger partial charge in [-0.25, -0.2) is 4.39 Å². The van der Waals surface area contributed by atoms with Crippen LogP contribution >= 0.6 is 0 Å². The number of unbranched alkanes of at least 4 members (excludes halogenated alkanes) is 4. The standard InChI is InChI=1S/C20H31FO2/c1-2-3-4-5-6-7-8-9-10-11-12-13-16-19(21)17-14-15-18-20(22)23/h6-7,9-10,12-13,17H,2-5,8,11,14-16,18H2,1H3,(H,22,23)/b7-6+,10-9+,13-12+,19-17-. The van der Waals surface area contributed by atoms with E-state index in [1.54, 1.807) is 0 Å². The summed E-state index contributed by atoms with van der Waals surface area (Å²) in [4.78, 5) is 10.3. The van der Waals surface area contributed by atoms with Gasteiger partial charge < -0.3 is 5.11 Å². The monoisotopic (exact) mass is 322 g/mol. The van der Waals surface area contributed by atoms with Crippen LogP contribution in [-0.4, -0.2) is 11.1 Å². The lowest BCUT2D eigenvalue weighted by molar-refractivity contribution is -0.137. The second-order valence-corrected chi connectivity index (χ2v) is 5.52. The van der Waals surface area contributed by atoms with Gasteiger partial charge in [-0.3, -0.25) is 4.79 Å². The van der Waals surface area contributed by atoms with Gasteiger partial charge in [0.05, 0.1) is 5.83 Å². The number of carboxylic acid groups (broad SMARTS) is 1. The molecule has 0 heterocycles. The summed E-state index contributed by atoms with van der Waals surface area (Å²) in [7, 11) is 0. The number of halogens is 1. The van der Waals surface area contributed by atoms with Gasteiger partial charge in [0.15, 0.2) is 0 Å². The zero-order valence-electron chi connectivity index (χ0n) is 14.3. The average molecular weight is 322 g/mol. The maximum atomic E-state index is 13.4. The van der Waals surface area contributed by atoms with E-state index < -0.39 is 5.97 Å². The van der Waals surface area contributed by atoms with Crippen LogP contribution in [0.5, 0.6) is 0 Å². The topological polar surface area (TPSA) is 37.3 Å². The number of carbonyl (C=O) groups is 1. The molecule has 0 saturated heterocycles. The fraction of sp³-hybridized carbons (Fsp3) is 0.550. The summed E-state index contributed by atoms with van der Waals surface area (Å²) in [5.74, 6) is -1.02. The molecule has 0 saturated carbocycles. The first-order valence-electron chi connectivity index (χ1n) is 8.68. The SMILES string of the molecule is CCCCC/C=C/C/C=C/C/C=C/C/C(F)=C/CCCC(=O)O. The number of hydrogen-bond donors (Lipinski definition) is 1. The van der Waals surface area contributed by atoms with Crippen molar-refractivity contribution in [2.45, 2.75) is 71.1 Å². The molecule has 0 unspecified atom stereocenters.